The highest BCUT2D eigenvalue weighted by molar-refractivity contribution is 5.81. The fourth-order valence-corrected chi connectivity index (χ4v) is 2.58. The third-order valence-corrected chi connectivity index (χ3v) is 3.80. The van der Waals surface area contributed by atoms with Crippen LogP contribution in [0.1, 0.15) is 12.8 Å². The predicted octanol–water partition coefficient (Wildman–Crippen LogP) is 2.52. The molecule has 0 saturated carbocycles. The van der Waals surface area contributed by atoms with Crippen molar-refractivity contribution < 1.29 is 9.66 Å². The third kappa shape index (κ3) is 3.28. The Morgan fingerprint density at radius 2 is 2.29 bits per heavy atom. The zero-order valence-corrected chi connectivity index (χ0v) is 11.6. The SMILES string of the molecule is O=[N+]([O-])c1ccc2nc(OCCC3CCNC3)ccc2c1. The molecule has 1 aliphatic rings. The summed E-state index contributed by atoms with van der Waals surface area (Å²) in [7, 11) is 0. The van der Waals surface area contributed by atoms with Crippen LogP contribution in [0.2, 0.25) is 0 Å². The number of nitrogens with one attached hydrogen (secondary N) is 1. The minimum absolute atomic E-state index is 0.0756. The highest BCUT2D eigenvalue weighted by atomic mass is 16.6. The quantitative estimate of drug-likeness (QED) is 0.675. The second kappa shape index (κ2) is 6.05. The Labute approximate surface area is 122 Å². The number of rotatable bonds is 5. The van der Waals surface area contributed by atoms with Gasteiger partial charge in [0.15, 0.2) is 0 Å². The number of ether oxygens (including phenoxy) is 1. The van der Waals surface area contributed by atoms with Gasteiger partial charge in [0.1, 0.15) is 0 Å². The van der Waals surface area contributed by atoms with Crippen LogP contribution in [0.4, 0.5) is 5.69 Å². The molecular formula is C15H17N3O3. The number of hydrogen-bond donors (Lipinski definition) is 1. The minimum Gasteiger partial charge on any atom is -0.478 e. The molecule has 0 radical (unpaired) electrons. The molecule has 1 N–H and O–H groups in total. The van der Waals surface area contributed by atoms with Gasteiger partial charge in [0.05, 0.1) is 17.0 Å². The molecule has 0 aliphatic carbocycles. The van der Waals surface area contributed by atoms with Gasteiger partial charge in [0.25, 0.3) is 5.69 Å². The van der Waals surface area contributed by atoms with Crippen molar-refractivity contribution in [2.75, 3.05) is 19.7 Å². The summed E-state index contributed by atoms with van der Waals surface area (Å²) < 4.78 is 5.68. The molecule has 6 heteroatoms. The average Bonchev–Trinajstić information content (AvgIpc) is 3.00. The van der Waals surface area contributed by atoms with Crippen molar-refractivity contribution in [3.05, 3.63) is 40.4 Å². The lowest BCUT2D eigenvalue weighted by atomic mass is 10.1. The van der Waals surface area contributed by atoms with Crippen LogP contribution in [0.15, 0.2) is 30.3 Å². The first kappa shape index (κ1) is 13.8. The van der Waals surface area contributed by atoms with Crippen molar-refractivity contribution in [1.29, 1.82) is 0 Å². The first-order valence-corrected chi connectivity index (χ1v) is 7.11. The number of nitrogens with zero attached hydrogens (tertiary/aromatic N) is 2. The lowest BCUT2D eigenvalue weighted by Gasteiger charge is -2.09. The summed E-state index contributed by atoms with van der Waals surface area (Å²) in [6.07, 6.45) is 2.23. The van der Waals surface area contributed by atoms with E-state index in [9.17, 15) is 10.1 Å². The molecule has 0 amide bonds. The first-order valence-electron chi connectivity index (χ1n) is 7.11. The van der Waals surface area contributed by atoms with Crippen molar-refractivity contribution >= 4 is 16.6 Å². The maximum atomic E-state index is 10.7. The van der Waals surface area contributed by atoms with Gasteiger partial charge in [-0.1, -0.05) is 0 Å². The largest absolute Gasteiger partial charge is 0.478 e. The van der Waals surface area contributed by atoms with Crippen LogP contribution in [-0.4, -0.2) is 29.6 Å². The molecule has 0 spiro atoms. The van der Waals surface area contributed by atoms with Gasteiger partial charge in [-0.15, -0.1) is 0 Å². The Bertz CT molecular complexity index is 654. The van der Waals surface area contributed by atoms with E-state index < -0.39 is 4.92 Å². The summed E-state index contributed by atoms with van der Waals surface area (Å²) in [5.74, 6) is 1.26. The number of nitro benzene ring substituents is 1. The van der Waals surface area contributed by atoms with Crippen LogP contribution in [0.5, 0.6) is 5.88 Å². The smallest absolute Gasteiger partial charge is 0.270 e. The van der Waals surface area contributed by atoms with E-state index in [1.165, 1.54) is 18.6 Å². The summed E-state index contributed by atoms with van der Waals surface area (Å²) in [6, 6.07) is 8.21. The van der Waals surface area contributed by atoms with Gasteiger partial charge in [0, 0.05) is 23.6 Å². The molecule has 1 aliphatic heterocycles. The van der Waals surface area contributed by atoms with Gasteiger partial charge >= 0.3 is 0 Å². The minimum atomic E-state index is -0.403. The highest BCUT2D eigenvalue weighted by Gasteiger charge is 2.14. The van der Waals surface area contributed by atoms with Crippen LogP contribution in [0.25, 0.3) is 10.9 Å². The molecule has 1 unspecified atom stereocenters. The maximum Gasteiger partial charge on any atom is 0.270 e. The van der Waals surface area contributed by atoms with E-state index >= 15 is 0 Å². The normalized spacial score (nSPS) is 18.0. The van der Waals surface area contributed by atoms with E-state index in [2.05, 4.69) is 10.3 Å². The number of nitro groups is 1. The van der Waals surface area contributed by atoms with Crippen LogP contribution >= 0.6 is 0 Å². The Morgan fingerprint density at radius 3 is 3.05 bits per heavy atom. The van der Waals surface area contributed by atoms with Crippen molar-refractivity contribution in [1.82, 2.24) is 10.3 Å². The predicted molar refractivity (Wildman–Crippen MR) is 79.5 cm³/mol. The summed E-state index contributed by atoms with van der Waals surface area (Å²) >= 11 is 0. The fourth-order valence-electron chi connectivity index (χ4n) is 2.58. The number of pyridine rings is 1. The summed E-state index contributed by atoms with van der Waals surface area (Å²) in [6.45, 7) is 2.81. The topological polar surface area (TPSA) is 77.3 Å². The molecule has 2 heterocycles. The van der Waals surface area contributed by atoms with Gasteiger partial charge < -0.3 is 10.1 Å². The number of benzene rings is 1. The molecule has 1 aromatic heterocycles. The van der Waals surface area contributed by atoms with Crippen molar-refractivity contribution in [3.63, 3.8) is 0 Å². The van der Waals surface area contributed by atoms with E-state index in [1.54, 1.807) is 12.1 Å². The van der Waals surface area contributed by atoms with E-state index in [1.807, 2.05) is 6.07 Å². The average molecular weight is 287 g/mol. The Kier molecular flexibility index (Phi) is 3.96. The Balaban J connectivity index is 1.66. The summed E-state index contributed by atoms with van der Waals surface area (Å²) in [5.41, 5.74) is 0.785. The molecule has 2 aromatic rings. The molecule has 6 nitrogen and oxygen atoms in total. The molecule has 0 bridgehead atoms. The lowest BCUT2D eigenvalue weighted by Crippen LogP contribution is -2.11. The number of hydrogen-bond acceptors (Lipinski definition) is 5. The van der Waals surface area contributed by atoms with Crippen LogP contribution < -0.4 is 10.1 Å². The van der Waals surface area contributed by atoms with Crippen molar-refractivity contribution in [2.45, 2.75) is 12.8 Å². The lowest BCUT2D eigenvalue weighted by molar-refractivity contribution is -0.384. The molecule has 1 aromatic carbocycles. The zero-order chi connectivity index (χ0) is 14.7. The van der Waals surface area contributed by atoms with Crippen LogP contribution in [-0.2, 0) is 0 Å². The maximum absolute atomic E-state index is 10.7. The van der Waals surface area contributed by atoms with E-state index in [-0.39, 0.29) is 5.69 Å². The van der Waals surface area contributed by atoms with E-state index in [4.69, 9.17) is 4.74 Å². The van der Waals surface area contributed by atoms with Gasteiger partial charge in [0.2, 0.25) is 5.88 Å². The second-order valence-electron chi connectivity index (χ2n) is 5.28. The highest BCUT2D eigenvalue weighted by Crippen LogP contribution is 2.22. The summed E-state index contributed by atoms with van der Waals surface area (Å²) in [4.78, 5) is 14.7. The first-order chi connectivity index (χ1) is 10.2. The molecule has 110 valence electrons. The number of aromatic nitrogens is 1. The zero-order valence-electron chi connectivity index (χ0n) is 11.6. The molecule has 1 atom stereocenters. The van der Waals surface area contributed by atoms with Gasteiger partial charge in [-0.2, -0.15) is 0 Å². The monoisotopic (exact) mass is 287 g/mol. The van der Waals surface area contributed by atoms with Gasteiger partial charge in [-0.05, 0) is 44.0 Å². The van der Waals surface area contributed by atoms with E-state index in [0.29, 0.717) is 23.9 Å². The van der Waals surface area contributed by atoms with Gasteiger partial charge in [-0.25, -0.2) is 4.98 Å². The Morgan fingerprint density at radius 1 is 1.38 bits per heavy atom. The summed E-state index contributed by atoms with van der Waals surface area (Å²) in [5, 5.41) is 14.8. The third-order valence-electron chi connectivity index (χ3n) is 3.80. The van der Waals surface area contributed by atoms with E-state index in [0.717, 1.165) is 24.9 Å². The van der Waals surface area contributed by atoms with Crippen molar-refractivity contribution in [3.8, 4) is 5.88 Å². The standard InChI is InChI=1S/C15H17N3O3/c19-18(20)13-2-3-14-12(9-13)1-4-15(17-14)21-8-6-11-5-7-16-10-11/h1-4,9,11,16H,5-8,10H2. The molecule has 21 heavy (non-hydrogen) atoms. The second-order valence-corrected chi connectivity index (χ2v) is 5.28. The van der Waals surface area contributed by atoms with Crippen LogP contribution in [0, 0.1) is 16.0 Å². The molecule has 1 saturated heterocycles. The van der Waals surface area contributed by atoms with Crippen LogP contribution in [0.3, 0.4) is 0 Å². The van der Waals surface area contributed by atoms with Gasteiger partial charge in [-0.3, -0.25) is 10.1 Å². The number of non-ortho nitro benzene ring substituents is 1. The van der Waals surface area contributed by atoms with Crippen molar-refractivity contribution in [2.24, 2.45) is 5.92 Å². The molecular weight excluding hydrogens is 270 g/mol. The fraction of sp³-hybridized carbons (Fsp3) is 0.400. The Hall–Kier alpha value is -2.21. The molecule has 1 fully saturated rings. The molecule has 3 rings (SSSR count). The number of fused-ring (bicyclic) bond motifs is 1.